The average Bonchev–Trinajstić information content (AvgIpc) is 3.39. The van der Waals surface area contributed by atoms with Crippen LogP contribution in [0.15, 0.2) is 55.1 Å². The van der Waals surface area contributed by atoms with Crippen molar-refractivity contribution in [1.82, 2.24) is 25.2 Å². The van der Waals surface area contributed by atoms with Gasteiger partial charge in [0.1, 0.15) is 35.6 Å². The van der Waals surface area contributed by atoms with Gasteiger partial charge in [-0.25, -0.2) is 28.9 Å². The van der Waals surface area contributed by atoms with Crippen LogP contribution in [0, 0.1) is 11.6 Å². The smallest absolute Gasteiger partial charge is 0.138 e. The number of anilines is 1. The van der Waals surface area contributed by atoms with Gasteiger partial charge in [0.2, 0.25) is 0 Å². The molecule has 1 aliphatic heterocycles. The third-order valence-corrected chi connectivity index (χ3v) is 5.44. The Kier molecular flexibility index (Phi) is 5.37. The lowest BCUT2D eigenvalue weighted by Crippen LogP contribution is -2.54. The molecule has 4 rings (SSSR count). The number of phenolic OH excluding ortho intramolecular Hbond substituents is 1. The predicted octanol–water partition coefficient (Wildman–Crippen LogP) is 1.78. The predicted molar refractivity (Wildman–Crippen MR) is 105 cm³/mol. The molecule has 10 heteroatoms. The molecular weight excluding hydrogens is 394 g/mol. The molecule has 0 unspecified atom stereocenters. The molecule has 0 bridgehead atoms. The summed E-state index contributed by atoms with van der Waals surface area (Å²) in [5, 5.41) is 27.6. The van der Waals surface area contributed by atoms with Crippen LogP contribution in [0.2, 0.25) is 0 Å². The minimum atomic E-state index is -1.76. The van der Waals surface area contributed by atoms with Crippen LogP contribution in [0.25, 0.3) is 0 Å². The normalized spacial score (nSPS) is 17.8. The molecule has 0 spiro atoms. The van der Waals surface area contributed by atoms with Crippen LogP contribution in [-0.4, -0.2) is 49.4 Å². The third-order valence-electron chi connectivity index (χ3n) is 5.44. The van der Waals surface area contributed by atoms with Crippen LogP contribution in [0.4, 0.5) is 14.5 Å². The van der Waals surface area contributed by atoms with Crippen molar-refractivity contribution in [3.63, 3.8) is 0 Å². The number of phenols is 1. The number of aliphatic hydroxyl groups is 1. The van der Waals surface area contributed by atoms with Gasteiger partial charge in [0.05, 0.1) is 31.6 Å². The van der Waals surface area contributed by atoms with Gasteiger partial charge in [-0.2, -0.15) is 5.10 Å². The largest absolute Gasteiger partial charge is 0.506 e. The number of rotatable bonds is 6. The molecule has 1 aliphatic rings. The lowest BCUT2D eigenvalue weighted by Gasteiger charge is -2.39. The summed E-state index contributed by atoms with van der Waals surface area (Å²) < 4.78 is 29.6. The summed E-state index contributed by atoms with van der Waals surface area (Å²) in [5.41, 5.74) is 1.99. The summed E-state index contributed by atoms with van der Waals surface area (Å²) in [6.07, 6.45) is 2.74. The molecule has 30 heavy (non-hydrogen) atoms. The lowest BCUT2D eigenvalue weighted by atomic mass is 9.86. The first-order valence-corrected chi connectivity index (χ1v) is 9.42. The zero-order chi connectivity index (χ0) is 21.3. The van der Waals surface area contributed by atoms with Gasteiger partial charge < -0.3 is 15.1 Å². The number of aromatic hydroxyl groups is 1. The van der Waals surface area contributed by atoms with Crippen molar-refractivity contribution in [1.29, 1.82) is 0 Å². The molecule has 0 radical (unpaired) electrons. The molecule has 1 aromatic heterocycles. The Hall–Kier alpha value is -3.08. The summed E-state index contributed by atoms with van der Waals surface area (Å²) in [6, 6.07) is 9.38. The molecule has 1 saturated heterocycles. The Morgan fingerprint density at radius 1 is 1.23 bits per heavy atom. The summed E-state index contributed by atoms with van der Waals surface area (Å²) in [7, 11) is 0. The van der Waals surface area contributed by atoms with Gasteiger partial charge in [0.15, 0.2) is 0 Å². The molecule has 2 aromatic carbocycles. The van der Waals surface area contributed by atoms with Gasteiger partial charge in [0, 0.05) is 11.6 Å². The van der Waals surface area contributed by atoms with Crippen LogP contribution < -0.4 is 10.3 Å². The molecule has 8 nitrogen and oxygen atoms in total. The van der Waals surface area contributed by atoms with Crippen LogP contribution in [-0.2, 0) is 12.1 Å². The number of benzene rings is 2. The molecule has 0 amide bonds. The minimum Gasteiger partial charge on any atom is -0.506 e. The Balaban J connectivity index is 1.64. The van der Waals surface area contributed by atoms with Gasteiger partial charge in [-0.05, 0) is 25.1 Å². The maximum Gasteiger partial charge on any atom is 0.138 e. The van der Waals surface area contributed by atoms with E-state index < -0.39 is 23.3 Å². The van der Waals surface area contributed by atoms with E-state index in [1.165, 1.54) is 23.4 Å². The van der Waals surface area contributed by atoms with Crippen molar-refractivity contribution in [2.75, 3.05) is 18.2 Å². The fourth-order valence-electron chi connectivity index (χ4n) is 3.71. The van der Waals surface area contributed by atoms with Gasteiger partial charge in [-0.15, -0.1) is 0 Å². The van der Waals surface area contributed by atoms with E-state index in [4.69, 9.17) is 0 Å². The van der Waals surface area contributed by atoms with E-state index in [1.54, 1.807) is 30.1 Å². The van der Waals surface area contributed by atoms with E-state index >= 15 is 0 Å². The highest BCUT2D eigenvalue weighted by molar-refractivity contribution is 5.57. The SMILES string of the molecule is C[C@@H](N1CN(c2ccccc2O)CN1)[C@](O)(Cn1cncn1)c1ccc(F)cc1F. The Labute approximate surface area is 172 Å². The number of hydrogen-bond acceptors (Lipinski definition) is 7. The molecule has 3 N–H and O–H groups in total. The number of hydrazine groups is 1. The zero-order valence-electron chi connectivity index (χ0n) is 16.3. The van der Waals surface area contributed by atoms with E-state index in [9.17, 15) is 19.0 Å². The molecule has 2 heterocycles. The van der Waals surface area contributed by atoms with Crippen molar-refractivity contribution in [3.05, 3.63) is 72.3 Å². The van der Waals surface area contributed by atoms with E-state index in [0.29, 0.717) is 19.0 Å². The van der Waals surface area contributed by atoms with Gasteiger partial charge in [0.25, 0.3) is 0 Å². The Morgan fingerprint density at radius 3 is 2.73 bits per heavy atom. The molecule has 0 aliphatic carbocycles. The van der Waals surface area contributed by atoms with E-state index in [2.05, 4.69) is 15.5 Å². The summed E-state index contributed by atoms with van der Waals surface area (Å²) in [4.78, 5) is 5.75. The average molecular weight is 416 g/mol. The fourth-order valence-corrected chi connectivity index (χ4v) is 3.71. The summed E-state index contributed by atoms with van der Waals surface area (Å²) in [5.74, 6) is -1.44. The second-order valence-corrected chi connectivity index (χ2v) is 7.27. The Bertz CT molecular complexity index is 1020. The van der Waals surface area contributed by atoms with Crippen LogP contribution in [0.3, 0.4) is 0 Å². The number of hydrogen-bond donors (Lipinski definition) is 3. The van der Waals surface area contributed by atoms with Crippen molar-refractivity contribution >= 4 is 5.69 Å². The third kappa shape index (κ3) is 3.72. The highest BCUT2D eigenvalue weighted by atomic mass is 19.1. The number of para-hydroxylation sites is 2. The molecule has 0 saturated carbocycles. The molecule has 3 aromatic rings. The minimum absolute atomic E-state index is 0.0466. The monoisotopic (exact) mass is 416 g/mol. The van der Waals surface area contributed by atoms with Crippen LogP contribution in [0.1, 0.15) is 12.5 Å². The van der Waals surface area contributed by atoms with Gasteiger partial charge in [-0.3, -0.25) is 0 Å². The highest BCUT2D eigenvalue weighted by Gasteiger charge is 2.44. The second kappa shape index (κ2) is 7.98. The molecule has 2 atom stereocenters. The number of aromatic nitrogens is 3. The first-order valence-electron chi connectivity index (χ1n) is 9.42. The van der Waals surface area contributed by atoms with Crippen molar-refractivity contribution in [2.24, 2.45) is 0 Å². The van der Waals surface area contributed by atoms with E-state index in [0.717, 1.165) is 12.1 Å². The topological polar surface area (TPSA) is 89.7 Å². The molecule has 158 valence electrons. The zero-order valence-corrected chi connectivity index (χ0v) is 16.3. The van der Waals surface area contributed by atoms with Gasteiger partial charge >= 0.3 is 0 Å². The second-order valence-electron chi connectivity index (χ2n) is 7.27. The lowest BCUT2D eigenvalue weighted by molar-refractivity contribution is -0.0699. The van der Waals surface area contributed by atoms with Crippen molar-refractivity contribution in [2.45, 2.75) is 25.1 Å². The number of nitrogens with one attached hydrogen (secondary N) is 1. The summed E-state index contributed by atoms with van der Waals surface area (Å²) >= 11 is 0. The van der Waals surface area contributed by atoms with E-state index in [-0.39, 0.29) is 17.9 Å². The van der Waals surface area contributed by atoms with Crippen LogP contribution >= 0.6 is 0 Å². The quantitative estimate of drug-likeness (QED) is 0.564. The Morgan fingerprint density at radius 2 is 2.03 bits per heavy atom. The van der Waals surface area contributed by atoms with Gasteiger partial charge in [-0.1, -0.05) is 18.2 Å². The molecular formula is C20H22F2N6O2. The first-order chi connectivity index (χ1) is 14.4. The van der Waals surface area contributed by atoms with Crippen LogP contribution in [0.5, 0.6) is 5.75 Å². The maximum atomic E-state index is 14.7. The number of nitrogens with zero attached hydrogens (tertiary/aromatic N) is 5. The maximum absolute atomic E-state index is 14.7. The summed E-state index contributed by atoms with van der Waals surface area (Å²) in [6.45, 7) is 2.35. The standard InChI is InChI=1S/C20H22F2N6O2/c1-14(28-13-26(12-25-28)18-4-2-3-5-19(18)29)20(30,9-27-11-23-10-24-27)16-7-6-15(21)8-17(16)22/h2-8,10-11,14,25,29-30H,9,12-13H2,1H3/t14-,20-/m1/s1. The molecule has 1 fully saturated rings. The van der Waals surface area contributed by atoms with Crippen molar-refractivity contribution < 1.29 is 19.0 Å². The van der Waals surface area contributed by atoms with Crippen molar-refractivity contribution in [3.8, 4) is 5.75 Å². The van der Waals surface area contributed by atoms with E-state index in [1.807, 2.05) is 11.0 Å². The number of halogens is 2. The fraction of sp³-hybridized carbons (Fsp3) is 0.300. The highest BCUT2D eigenvalue weighted by Crippen LogP contribution is 2.34. The first kappa shape index (κ1) is 20.2.